The molecule has 1 aromatic heterocycles. The minimum Gasteiger partial charge on any atom is -0.337 e. The van der Waals surface area contributed by atoms with E-state index in [1.165, 1.54) is 0 Å². The van der Waals surface area contributed by atoms with Crippen LogP contribution in [-0.4, -0.2) is 34.8 Å². The molecule has 2 rings (SSSR count). The molecule has 0 aliphatic carbocycles. The Morgan fingerprint density at radius 2 is 1.65 bits per heavy atom. The fourth-order valence-electron chi connectivity index (χ4n) is 2.84. The Morgan fingerprint density at radius 1 is 1.00 bits per heavy atom. The first-order valence-electron chi connectivity index (χ1n) is 9.11. The van der Waals surface area contributed by atoms with E-state index in [1.807, 2.05) is 45.9 Å². The highest BCUT2D eigenvalue weighted by atomic mass is 16.2. The van der Waals surface area contributed by atoms with Gasteiger partial charge in [0.1, 0.15) is 11.4 Å². The first kappa shape index (κ1) is 19.6. The number of nitrogens with one attached hydrogen (secondary N) is 1. The molecule has 0 aliphatic rings. The number of hydrogen-bond acceptors (Lipinski definition) is 3. The van der Waals surface area contributed by atoms with Gasteiger partial charge in [-0.3, -0.25) is 9.59 Å². The molecule has 26 heavy (non-hydrogen) atoms. The van der Waals surface area contributed by atoms with Crippen LogP contribution in [0.1, 0.15) is 58.8 Å². The fourth-order valence-corrected chi connectivity index (χ4v) is 2.84. The molecule has 0 saturated heterocycles. The molecule has 0 atom stereocenters. The molecule has 1 aromatic carbocycles. The molecule has 0 radical (unpaired) electrons. The van der Waals surface area contributed by atoms with Crippen LogP contribution in [0.4, 0.5) is 5.69 Å². The third kappa shape index (κ3) is 4.91. The number of carbonyl (C=O) groups excluding carboxylic acids is 2. The van der Waals surface area contributed by atoms with Crippen LogP contribution in [0.25, 0.3) is 0 Å². The quantitative estimate of drug-likeness (QED) is 0.811. The van der Waals surface area contributed by atoms with Crippen LogP contribution >= 0.6 is 0 Å². The molecule has 138 valence electrons. The molecule has 1 heterocycles. The van der Waals surface area contributed by atoms with Crippen LogP contribution in [0.3, 0.4) is 0 Å². The number of benzene rings is 1. The van der Waals surface area contributed by atoms with Gasteiger partial charge in [0.15, 0.2) is 0 Å². The molecule has 2 amide bonds. The highest BCUT2D eigenvalue weighted by molar-refractivity contribution is 6.04. The Kier molecular flexibility index (Phi) is 6.89. The summed E-state index contributed by atoms with van der Waals surface area (Å²) < 4.78 is 0. The number of pyridine rings is 1. The molecule has 0 unspecified atom stereocenters. The maximum atomic E-state index is 12.7. The van der Waals surface area contributed by atoms with E-state index >= 15 is 0 Å². The van der Waals surface area contributed by atoms with Crippen molar-refractivity contribution in [3.63, 3.8) is 0 Å². The third-order valence-electron chi connectivity index (χ3n) is 4.11. The fraction of sp³-hybridized carbons (Fsp3) is 0.381. The Labute approximate surface area is 155 Å². The maximum absolute atomic E-state index is 12.7. The maximum Gasteiger partial charge on any atom is 0.274 e. The smallest absolute Gasteiger partial charge is 0.274 e. The summed E-state index contributed by atoms with van der Waals surface area (Å²) in [5.41, 5.74) is 3.42. The van der Waals surface area contributed by atoms with Gasteiger partial charge in [0.05, 0.1) is 0 Å². The summed E-state index contributed by atoms with van der Waals surface area (Å²) in [6.45, 7) is 9.41. The number of rotatable bonds is 7. The van der Waals surface area contributed by atoms with Gasteiger partial charge < -0.3 is 10.2 Å². The van der Waals surface area contributed by atoms with Crippen molar-refractivity contribution >= 4 is 17.5 Å². The second kappa shape index (κ2) is 9.13. The molecule has 5 heteroatoms. The minimum absolute atomic E-state index is 0.130. The number of nitrogens with zero attached hydrogens (tertiary/aromatic N) is 2. The number of anilines is 1. The van der Waals surface area contributed by atoms with Crippen molar-refractivity contribution in [2.45, 2.75) is 40.5 Å². The summed E-state index contributed by atoms with van der Waals surface area (Å²) in [4.78, 5) is 31.3. The van der Waals surface area contributed by atoms with Crippen molar-refractivity contribution < 1.29 is 9.59 Å². The van der Waals surface area contributed by atoms with Crippen molar-refractivity contribution in [1.29, 1.82) is 0 Å². The monoisotopic (exact) mass is 353 g/mol. The van der Waals surface area contributed by atoms with Gasteiger partial charge >= 0.3 is 0 Å². The molecule has 0 aliphatic heterocycles. The summed E-state index contributed by atoms with van der Waals surface area (Å²) in [5.74, 6) is -0.445. The summed E-state index contributed by atoms with van der Waals surface area (Å²) in [5, 5.41) is 2.87. The van der Waals surface area contributed by atoms with Crippen molar-refractivity contribution in [2.75, 3.05) is 18.4 Å². The summed E-state index contributed by atoms with van der Waals surface area (Å²) in [6.07, 6.45) is 1.78. The molecular formula is C21H27N3O2. The zero-order chi connectivity index (χ0) is 19.1. The topological polar surface area (TPSA) is 62.3 Å². The number of amides is 2. The van der Waals surface area contributed by atoms with Gasteiger partial charge in [0.25, 0.3) is 11.8 Å². The van der Waals surface area contributed by atoms with E-state index < -0.39 is 0 Å². The van der Waals surface area contributed by atoms with Crippen molar-refractivity contribution in [3.8, 4) is 0 Å². The molecule has 1 N–H and O–H groups in total. The van der Waals surface area contributed by atoms with E-state index in [0.29, 0.717) is 18.8 Å². The number of carbonyl (C=O) groups is 2. The lowest BCUT2D eigenvalue weighted by Crippen LogP contribution is -2.33. The average Bonchev–Trinajstić information content (AvgIpc) is 2.63. The zero-order valence-electron chi connectivity index (χ0n) is 16.0. The second-order valence-corrected chi connectivity index (χ2v) is 6.47. The largest absolute Gasteiger partial charge is 0.337 e. The SMILES string of the molecule is CCCN(CCC)C(=O)c1cccc(C(=O)Nc2ccc(C)cc2C)n1. The van der Waals surface area contributed by atoms with Gasteiger partial charge in [-0.05, 0) is 50.5 Å². The second-order valence-electron chi connectivity index (χ2n) is 6.47. The first-order chi connectivity index (χ1) is 12.5. The van der Waals surface area contributed by atoms with E-state index in [0.717, 1.165) is 29.7 Å². The van der Waals surface area contributed by atoms with E-state index in [9.17, 15) is 9.59 Å². The molecule has 0 spiro atoms. The van der Waals surface area contributed by atoms with Gasteiger partial charge in [0.2, 0.25) is 0 Å². The summed E-state index contributed by atoms with van der Waals surface area (Å²) in [6, 6.07) is 10.8. The molecule has 0 saturated carbocycles. The minimum atomic E-state index is -0.316. The molecule has 5 nitrogen and oxygen atoms in total. The van der Waals surface area contributed by atoms with Gasteiger partial charge in [0, 0.05) is 18.8 Å². The molecular weight excluding hydrogens is 326 g/mol. The van der Waals surface area contributed by atoms with E-state index in [1.54, 1.807) is 23.1 Å². The van der Waals surface area contributed by atoms with Crippen LogP contribution in [0.15, 0.2) is 36.4 Å². The standard InChI is InChI=1S/C21H27N3O2/c1-5-12-24(13-6-2)21(26)19-9-7-8-18(22-19)20(25)23-17-11-10-15(3)14-16(17)4/h7-11,14H,5-6,12-13H2,1-4H3,(H,23,25). The molecule has 0 bridgehead atoms. The van der Waals surface area contributed by atoms with Gasteiger partial charge in [-0.1, -0.05) is 37.6 Å². The Bertz CT molecular complexity index is 781. The third-order valence-corrected chi connectivity index (χ3v) is 4.11. The van der Waals surface area contributed by atoms with Crippen molar-refractivity contribution in [3.05, 3.63) is 58.9 Å². The predicted molar refractivity (Wildman–Crippen MR) is 105 cm³/mol. The summed E-state index contributed by atoms with van der Waals surface area (Å²) >= 11 is 0. The lowest BCUT2D eigenvalue weighted by Gasteiger charge is -2.21. The van der Waals surface area contributed by atoms with Crippen LogP contribution in [0, 0.1) is 13.8 Å². The predicted octanol–water partition coefficient (Wildman–Crippen LogP) is 4.21. The zero-order valence-corrected chi connectivity index (χ0v) is 16.0. The molecule has 2 aromatic rings. The van der Waals surface area contributed by atoms with Gasteiger partial charge in [-0.15, -0.1) is 0 Å². The van der Waals surface area contributed by atoms with Crippen LogP contribution < -0.4 is 5.32 Å². The van der Waals surface area contributed by atoms with Crippen molar-refractivity contribution in [1.82, 2.24) is 9.88 Å². The first-order valence-corrected chi connectivity index (χ1v) is 9.11. The van der Waals surface area contributed by atoms with Crippen LogP contribution in [-0.2, 0) is 0 Å². The number of aryl methyl sites for hydroxylation is 2. The van der Waals surface area contributed by atoms with Crippen LogP contribution in [0.5, 0.6) is 0 Å². The van der Waals surface area contributed by atoms with Gasteiger partial charge in [-0.25, -0.2) is 4.98 Å². The Hall–Kier alpha value is -2.69. The van der Waals surface area contributed by atoms with Crippen LogP contribution in [0.2, 0.25) is 0 Å². The lowest BCUT2D eigenvalue weighted by molar-refractivity contribution is 0.0749. The van der Waals surface area contributed by atoms with E-state index in [2.05, 4.69) is 10.3 Å². The number of aromatic nitrogens is 1. The van der Waals surface area contributed by atoms with E-state index in [4.69, 9.17) is 0 Å². The van der Waals surface area contributed by atoms with Gasteiger partial charge in [-0.2, -0.15) is 0 Å². The average molecular weight is 353 g/mol. The lowest BCUT2D eigenvalue weighted by atomic mass is 10.1. The Balaban J connectivity index is 2.19. The Morgan fingerprint density at radius 3 is 2.27 bits per heavy atom. The van der Waals surface area contributed by atoms with Crippen molar-refractivity contribution in [2.24, 2.45) is 0 Å². The number of hydrogen-bond donors (Lipinski definition) is 1. The normalized spacial score (nSPS) is 10.5. The summed E-state index contributed by atoms with van der Waals surface area (Å²) in [7, 11) is 0. The highest BCUT2D eigenvalue weighted by Crippen LogP contribution is 2.17. The van der Waals surface area contributed by atoms with E-state index in [-0.39, 0.29) is 17.5 Å². The molecule has 0 fully saturated rings. The highest BCUT2D eigenvalue weighted by Gasteiger charge is 2.18.